The van der Waals surface area contributed by atoms with Crippen molar-refractivity contribution in [2.24, 2.45) is 0 Å². The molecule has 84 valence electrons. The minimum Gasteiger partial charge on any atom is -0.504 e. The summed E-state index contributed by atoms with van der Waals surface area (Å²) in [7, 11) is 0. The van der Waals surface area contributed by atoms with Crippen molar-refractivity contribution in [3.05, 3.63) is 24.0 Å². The van der Waals surface area contributed by atoms with Crippen molar-refractivity contribution >= 4 is 16.9 Å². The van der Waals surface area contributed by atoms with Crippen molar-refractivity contribution in [1.82, 2.24) is 0 Å². The highest BCUT2D eigenvalue weighted by Gasteiger charge is 2.11. The van der Waals surface area contributed by atoms with Crippen LogP contribution in [0.3, 0.4) is 0 Å². The number of esters is 1. The van der Waals surface area contributed by atoms with Crippen molar-refractivity contribution in [1.29, 1.82) is 0 Å². The van der Waals surface area contributed by atoms with E-state index in [9.17, 15) is 15.0 Å². The van der Waals surface area contributed by atoms with E-state index in [0.29, 0.717) is 11.1 Å². The Balaban J connectivity index is 2.36. The molecular formula is C11H10O5. The molecule has 0 saturated heterocycles. The lowest BCUT2D eigenvalue weighted by molar-refractivity contribution is -0.142. The van der Waals surface area contributed by atoms with E-state index < -0.39 is 5.97 Å². The number of phenolic OH excluding ortho intramolecular Hbond substituents is 2. The third-order valence-electron chi connectivity index (χ3n) is 2.11. The van der Waals surface area contributed by atoms with E-state index in [1.54, 1.807) is 12.1 Å². The SMILES string of the molecule is CC(=O)OCc1cc2ccc(O)c(O)c2o1. The van der Waals surface area contributed by atoms with Gasteiger partial charge in [0.15, 0.2) is 11.3 Å². The molecule has 1 aromatic heterocycles. The zero-order chi connectivity index (χ0) is 11.7. The van der Waals surface area contributed by atoms with Gasteiger partial charge < -0.3 is 19.4 Å². The van der Waals surface area contributed by atoms with Crippen LogP contribution in [0.1, 0.15) is 12.7 Å². The Labute approximate surface area is 90.9 Å². The molecule has 0 saturated carbocycles. The Kier molecular flexibility index (Phi) is 2.44. The Bertz CT molecular complexity index is 541. The molecule has 0 spiro atoms. The number of rotatable bonds is 2. The number of phenols is 2. The Morgan fingerprint density at radius 3 is 2.88 bits per heavy atom. The fraction of sp³-hybridized carbons (Fsp3) is 0.182. The van der Waals surface area contributed by atoms with Gasteiger partial charge >= 0.3 is 5.97 Å². The molecule has 0 fully saturated rings. The molecule has 0 aliphatic carbocycles. The first kappa shape index (κ1) is 10.4. The molecule has 1 heterocycles. The minimum absolute atomic E-state index is 0.00418. The molecule has 0 atom stereocenters. The van der Waals surface area contributed by atoms with Crippen LogP contribution in [0, 0.1) is 0 Å². The normalized spacial score (nSPS) is 10.6. The molecule has 5 heteroatoms. The third kappa shape index (κ3) is 1.79. The zero-order valence-corrected chi connectivity index (χ0v) is 8.56. The lowest BCUT2D eigenvalue weighted by atomic mass is 10.2. The first-order chi connectivity index (χ1) is 7.58. The van der Waals surface area contributed by atoms with Crippen molar-refractivity contribution < 1.29 is 24.2 Å². The van der Waals surface area contributed by atoms with Crippen LogP contribution in [0.2, 0.25) is 0 Å². The largest absolute Gasteiger partial charge is 0.504 e. The summed E-state index contributed by atoms with van der Waals surface area (Å²) in [6.07, 6.45) is 0. The summed E-state index contributed by atoms with van der Waals surface area (Å²) in [5.41, 5.74) is 0.183. The maximum atomic E-state index is 10.6. The maximum absolute atomic E-state index is 10.6. The number of carbonyl (C=O) groups excluding carboxylic acids is 1. The lowest BCUT2D eigenvalue weighted by Crippen LogP contribution is -1.97. The second-order valence-corrected chi connectivity index (χ2v) is 3.34. The molecule has 2 N–H and O–H groups in total. The molecule has 16 heavy (non-hydrogen) atoms. The number of hydrogen-bond donors (Lipinski definition) is 2. The molecule has 2 rings (SSSR count). The molecule has 5 nitrogen and oxygen atoms in total. The fourth-order valence-electron chi connectivity index (χ4n) is 1.38. The monoisotopic (exact) mass is 222 g/mol. The summed E-state index contributed by atoms with van der Waals surface area (Å²) < 4.78 is 9.99. The molecular weight excluding hydrogens is 212 g/mol. The van der Waals surface area contributed by atoms with E-state index in [2.05, 4.69) is 0 Å². The number of benzene rings is 1. The molecule has 2 aromatic rings. The molecule has 1 aromatic carbocycles. The number of furan rings is 1. The molecule has 0 aliphatic heterocycles. The average Bonchev–Trinajstić information content (AvgIpc) is 2.64. The highest BCUT2D eigenvalue weighted by Crippen LogP contribution is 2.35. The summed E-state index contributed by atoms with van der Waals surface area (Å²) in [6, 6.07) is 4.60. The van der Waals surface area contributed by atoms with Gasteiger partial charge in [-0.25, -0.2) is 0 Å². The maximum Gasteiger partial charge on any atom is 0.303 e. The van der Waals surface area contributed by atoms with Gasteiger partial charge in [-0.2, -0.15) is 0 Å². The minimum atomic E-state index is -0.410. The molecule has 0 radical (unpaired) electrons. The Morgan fingerprint density at radius 2 is 2.19 bits per heavy atom. The van der Waals surface area contributed by atoms with Gasteiger partial charge in [0.25, 0.3) is 0 Å². The van der Waals surface area contributed by atoms with E-state index in [0.717, 1.165) is 0 Å². The van der Waals surface area contributed by atoms with E-state index >= 15 is 0 Å². The van der Waals surface area contributed by atoms with Crippen molar-refractivity contribution in [2.75, 3.05) is 0 Å². The highest BCUT2D eigenvalue weighted by atomic mass is 16.5. The van der Waals surface area contributed by atoms with Crippen molar-refractivity contribution in [3.8, 4) is 11.5 Å². The smallest absolute Gasteiger partial charge is 0.303 e. The van der Waals surface area contributed by atoms with Crippen LogP contribution in [0.5, 0.6) is 11.5 Å². The second kappa shape index (κ2) is 3.77. The number of fused-ring (bicyclic) bond motifs is 1. The van der Waals surface area contributed by atoms with E-state index in [1.807, 2.05) is 0 Å². The number of hydrogen-bond acceptors (Lipinski definition) is 5. The summed E-state index contributed by atoms with van der Waals surface area (Å²) in [5.74, 6) is -0.564. The van der Waals surface area contributed by atoms with Crippen LogP contribution in [0.15, 0.2) is 22.6 Å². The van der Waals surface area contributed by atoms with Crippen LogP contribution in [0.4, 0.5) is 0 Å². The first-order valence-electron chi connectivity index (χ1n) is 4.64. The van der Waals surface area contributed by atoms with Crippen LogP contribution in [0.25, 0.3) is 11.0 Å². The molecule has 0 amide bonds. The molecule has 0 unspecified atom stereocenters. The van der Waals surface area contributed by atoms with Gasteiger partial charge in [0, 0.05) is 12.3 Å². The van der Waals surface area contributed by atoms with Gasteiger partial charge in [-0.3, -0.25) is 4.79 Å². The topological polar surface area (TPSA) is 79.9 Å². The predicted molar refractivity (Wildman–Crippen MR) is 55.0 cm³/mol. The van der Waals surface area contributed by atoms with Gasteiger partial charge in [0.2, 0.25) is 5.75 Å². The van der Waals surface area contributed by atoms with Gasteiger partial charge in [-0.15, -0.1) is 0 Å². The third-order valence-corrected chi connectivity index (χ3v) is 2.11. The van der Waals surface area contributed by atoms with Crippen molar-refractivity contribution in [2.45, 2.75) is 13.5 Å². The summed E-state index contributed by atoms with van der Waals surface area (Å²) in [5, 5.41) is 19.4. The number of ether oxygens (including phenoxy) is 1. The Morgan fingerprint density at radius 1 is 1.44 bits per heavy atom. The van der Waals surface area contributed by atoms with Crippen LogP contribution in [-0.2, 0) is 16.1 Å². The van der Waals surface area contributed by atoms with Gasteiger partial charge in [0.1, 0.15) is 12.4 Å². The molecule has 0 aliphatic rings. The standard InChI is InChI=1S/C11H10O5/c1-6(12)15-5-8-4-7-2-3-9(13)10(14)11(7)16-8/h2-4,13-14H,5H2,1H3. The average molecular weight is 222 g/mol. The van der Waals surface area contributed by atoms with Gasteiger partial charge in [-0.1, -0.05) is 0 Å². The summed E-state index contributed by atoms with van der Waals surface area (Å²) in [6.45, 7) is 1.30. The van der Waals surface area contributed by atoms with E-state index in [1.165, 1.54) is 13.0 Å². The lowest BCUT2D eigenvalue weighted by Gasteiger charge is -1.97. The zero-order valence-electron chi connectivity index (χ0n) is 8.56. The fourth-order valence-corrected chi connectivity index (χ4v) is 1.38. The summed E-state index contributed by atoms with van der Waals surface area (Å²) >= 11 is 0. The van der Waals surface area contributed by atoms with Crippen LogP contribution >= 0.6 is 0 Å². The number of aromatic hydroxyl groups is 2. The van der Waals surface area contributed by atoms with Crippen molar-refractivity contribution in [3.63, 3.8) is 0 Å². The second-order valence-electron chi connectivity index (χ2n) is 3.34. The Hall–Kier alpha value is -2.17. The first-order valence-corrected chi connectivity index (χ1v) is 4.64. The predicted octanol–water partition coefficient (Wildman–Crippen LogP) is 1.91. The quantitative estimate of drug-likeness (QED) is 0.599. The van der Waals surface area contributed by atoms with Gasteiger partial charge in [-0.05, 0) is 18.2 Å². The van der Waals surface area contributed by atoms with Crippen LogP contribution < -0.4 is 0 Å². The summed E-state index contributed by atoms with van der Waals surface area (Å²) in [4.78, 5) is 10.6. The van der Waals surface area contributed by atoms with Crippen LogP contribution in [-0.4, -0.2) is 16.2 Å². The number of carbonyl (C=O) groups is 1. The van der Waals surface area contributed by atoms with Gasteiger partial charge in [0.05, 0.1) is 0 Å². The van der Waals surface area contributed by atoms with E-state index in [-0.39, 0.29) is 23.7 Å². The van der Waals surface area contributed by atoms with E-state index in [4.69, 9.17) is 9.15 Å². The molecule has 0 bridgehead atoms. The highest BCUT2D eigenvalue weighted by molar-refractivity contribution is 5.85.